The number of carboxylic acids is 1. The van der Waals surface area contributed by atoms with Crippen LogP contribution in [0.5, 0.6) is 0 Å². The van der Waals surface area contributed by atoms with Crippen molar-refractivity contribution in [2.75, 3.05) is 4.90 Å². The summed E-state index contributed by atoms with van der Waals surface area (Å²) in [4.78, 5) is 40.3. The zero-order valence-corrected chi connectivity index (χ0v) is 11.0. The fraction of sp³-hybridized carbons (Fsp3) is 0.0833. The number of hydrogen-bond acceptors (Lipinski definition) is 6. The molecule has 8 heteroatoms. The van der Waals surface area contributed by atoms with Crippen LogP contribution in [0, 0.1) is 6.92 Å². The number of aryl methyl sites for hydroxylation is 1. The quantitative estimate of drug-likeness (QED) is 0.837. The maximum Gasteiger partial charge on any atom is 0.335 e. The molecule has 20 heavy (non-hydrogen) atoms. The van der Waals surface area contributed by atoms with Gasteiger partial charge in [-0.2, -0.15) is 4.37 Å². The van der Waals surface area contributed by atoms with Crippen molar-refractivity contribution in [1.29, 1.82) is 0 Å². The van der Waals surface area contributed by atoms with Gasteiger partial charge in [-0.3, -0.25) is 9.59 Å². The van der Waals surface area contributed by atoms with Crippen LogP contribution in [0.15, 0.2) is 18.2 Å². The standard InChI is InChI=1S/C12H7N3O4S/c1-5-13-12(20-14-5)15-9(16)7-3-2-6(11(18)19)4-8(7)10(15)17/h2-4H,1H3,(H,18,19). The molecule has 0 aliphatic carbocycles. The van der Waals surface area contributed by atoms with Gasteiger partial charge in [0.1, 0.15) is 5.82 Å². The molecule has 0 radical (unpaired) electrons. The highest BCUT2D eigenvalue weighted by atomic mass is 32.1. The van der Waals surface area contributed by atoms with Crippen molar-refractivity contribution in [1.82, 2.24) is 9.36 Å². The van der Waals surface area contributed by atoms with Gasteiger partial charge in [0.05, 0.1) is 16.7 Å². The van der Waals surface area contributed by atoms with E-state index in [2.05, 4.69) is 9.36 Å². The minimum absolute atomic E-state index is 0.0415. The molecule has 1 aliphatic rings. The van der Waals surface area contributed by atoms with E-state index in [4.69, 9.17) is 5.11 Å². The van der Waals surface area contributed by atoms with E-state index in [9.17, 15) is 14.4 Å². The van der Waals surface area contributed by atoms with Crippen molar-refractivity contribution >= 4 is 34.4 Å². The highest BCUT2D eigenvalue weighted by molar-refractivity contribution is 7.10. The molecule has 100 valence electrons. The molecule has 1 N–H and O–H groups in total. The number of amides is 2. The number of rotatable bonds is 2. The highest BCUT2D eigenvalue weighted by Gasteiger charge is 2.39. The van der Waals surface area contributed by atoms with Crippen molar-refractivity contribution in [3.05, 3.63) is 40.7 Å². The van der Waals surface area contributed by atoms with E-state index in [1.807, 2.05) is 0 Å². The smallest absolute Gasteiger partial charge is 0.335 e. The average Bonchev–Trinajstić information content (AvgIpc) is 2.93. The second kappa shape index (κ2) is 4.20. The molecule has 0 fully saturated rings. The SMILES string of the molecule is Cc1nsc(N2C(=O)c3ccc(C(=O)O)cc3C2=O)n1. The summed E-state index contributed by atoms with van der Waals surface area (Å²) in [5.74, 6) is -1.78. The maximum absolute atomic E-state index is 12.2. The first-order chi connectivity index (χ1) is 9.49. The Bertz CT molecular complexity index is 768. The van der Waals surface area contributed by atoms with Crippen LogP contribution < -0.4 is 4.90 Å². The van der Waals surface area contributed by atoms with Gasteiger partial charge in [-0.05, 0) is 25.1 Å². The van der Waals surface area contributed by atoms with Gasteiger partial charge in [0.2, 0.25) is 5.13 Å². The third kappa shape index (κ3) is 1.69. The van der Waals surface area contributed by atoms with Crippen molar-refractivity contribution in [3.8, 4) is 0 Å². The molecular formula is C12H7N3O4S. The second-order valence-corrected chi connectivity index (χ2v) is 4.87. The molecule has 3 rings (SSSR count). The van der Waals surface area contributed by atoms with Crippen LogP contribution in [0.2, 0.25) is 0 Å². The Balaban J connectivity index is 2.10. The first-order valence-corrected chi connectivity index (χ1v) is 6.33. The van der Waals surface area contributed by atoms with E-state index >= 15 is 0 Å². The number of carbonyl (C=O) groups excluding carboxylic acids is 2. The van der Waals surface area contributed by atoms with Gasteiger partial charge in [-0.15, -0.1) is 0 Å². The van der Waals surface area contributed by atoms with Crippen LogP contribution >= 0.6 is 11.5 Å². The van der Waals surface area contributed by atoms with Crippen LogP contribution in [-0.4, -0.2) is 32.2 Å². The molecule has 0 unspecified atom stereocenters. The number of benzene rings is 1. The lowest BCUT2D eigenvalue weighted by Gasteiger charge is -2.07. The molecule has 1 aliphatic heterocycles. The summed E-state index contributed by atoms with van der Waals surface area (Å²) in [6.07, 6.45) is 0. The molecule has 0 saturated heterocycles. The fourth-order valence-electron chi connectivity index (χ4n) is 1.92. The summed E-state index contributed by atoms with van der Waals surface area (Å²) < 4.78 is 3.93. The number of fused-ring (bicyclic) bond motifs is 1. The van der Waals surface area contributed by atoms with Crippen molar-refractivity contribution < 1.29 is 19.5 Å². The Morgan fingerprint density at radius 1 is 1.25 bits per heavy atom. The Hall–Kier alpha value is -2.61. The lowest BCUT2D eigenvalue weighted by Crippen LogP contribution is -2.29. The maximum atomic E-state index is 12.2. The van der Waals surface area contributed by atoms with E-state index in [0.717, 1.165) is 16.4 Å². The highest BCUT2D eigenvalue weighted by Crippen LogP contribution is 2.29. The summed E-state index contributed by atoms with van der Waals surface area (Å²) in [6.45, 7) is 1.65. The molecule has 2 aromatic rings. The molecule has 1 aromatic heterocycles. The number of hydrogen-bond donors (Lipinski definition) is 1. The molecule has 0 atom stereocenters. The van der Waals surface area contributed by atoms with Crippen LogP contribution in [0.3, 0.4) is 0 Å². The summed E-state index contributed by atoms with van der Waals surface area (Å²) in [5, 5.41) is 9.11. The Kier molecular flexibility index (Phi) is 2.61. The Morgan fingerprint density at radius 3 is 2.55 bits per heavy atom. The van der Waals surface area contributed by atoms with Crippen LogP contribution in [0.4, 0.5) is 5.13 Å². The van der Waals surface area contributed by atoms with Crippen LogP contribution in [0.25, 0.3) is 0 Å². The number of carbonyl (C=O) groups is 3. The van der Waals surface area contributed by atoms with Gasteiger partial charge < -0.3 is 5.11 Å². The zero-order chi connectivity index (χ0) is 14.4. The topological polar surface area (TPSA) is 100 Å². The van der Waals surface area contributed by atoms with E-state index in [-0.39, 0.29) is 21.8 Å². The molecule has 1 aromatic carbocycles. The van der Waals surface area contributed by atoms with Gasteiger partial charge in [0.25, 0.3) is 11.8 Å². The third-order valence-electron chi connectivity index (χ3n) is 2.84. The minimum atomic E-state index is -1.15. The van der Waals surface area contributed by atoms with Crippen LogP contribution in [-0.2, 0) is 0 Å². The summed E-state index contributed by atoms with van der Waals surface area (Å²) >= 11 is 0.942. The third-order valence-corrected chi connectivity index (χ3v) is 3.63. The predicted molar refractivity (Wildman–Crippen MR) is 69.2 cm³/mol. The lowest BCUT2D eigenvalue weighted by atomic mass is 10.1. The monoisotopic (exact) mass is 289 g/mol. The Labute approximate surface area is 116 Å². The zero-order valence-electron chi connectivity index (χ0n) is 10.2. The lowest BCUT2D eigenvalue weighted by molar-refractivity contribution is 0.0696. The number of aromatic nitrogens is 2. The molecule has 0 saturated carbocycles. The predicted octanol–water partition coefficient (Wildman–Crippen LogP) is 1.35. The molecule has 7 nitrogen and oxygen atoms in total. The van der Waals surface area contributed by atoms with Gasteiger partial charge in [0.15, 0.2) is 0 Å². The van der Waals surface area contributed by atoms with Crippen molar-refractivity contribution in [3.63, 3.8) is 0 Å². The number of imide groups is 1. The normalized spacial score (nSPS) is 13.8. The van der Waals surface area contributed by atoms with Crippen molar-refractivity contribution in [2.24, 2.45) is 0 Å². The molecule has 2 heterocycles. The van der Waals surface area contributed by atoms with E-state index in [1.165, 1.54) is 18.2 Å². The van der Waals surface area contributed by atoms with E-state index in [1.54, 1.807) is 6.92 Å². The summed E-state index contributed by atoms with van der Waals surface area (Å²) in [7, 11) is 0. The summed E-state index contributed by atoms with van der Waals surface area (Å²) in [6, 6.07) is 3.83. The number of aromatic carboxylic acids is 1. The average molecular weight is 289 g/mol. The first-order valence-electron chi connectivity index (χ1n) is 5.55. The van der Waals surface area contributed by atoms with Gasteiger partial charge in [0, 0.05) is 11.5 Å². The van der Waals surface area contributed by atoms with E-state index < -0.39 is 17.8 Å². The molecular weight excluding hydrogens is 282 g/mol. The number of anilines is 1. The molecule has 0 bridgehead atoms. The molecule has 2 amide bonds. The van der Waals surface area contributed by atoms with Gasteiger partial charge in [-0.25, -0.2) is 14.7 Å². The fourth-order valence-corrected chi connectivity index (χ4v) is 2.60. The second-order valence-electron chi connectivity index (χ2n) is 4.14. The number of carboxylic acid groups (broad SMARTS) is 1. The van der Waals surface area contributed by atoms with Gasteiger partial charge in [-0.1, -0.05) is 0 Å². The molecule has 0 spiro atoms. The van der Waals surface area contributed by atoms with Crippen LogP contribution in [0.1, 0.15) is 36.9 Å². The first kappa shape index (κ1) is 12.4. The number of nitrogens with zero attached hydrogens (tertiary/aromatic N) is 3. The largest absolute Gasteiger partial charge is 0.478 e. The minimum Gasteiger partial charge on any atom is -0.478 e. The van der Waals surface area contributed by atoms with Gasteiger partial charge >= 0.3 is 5.97 Å². The van der Waals surface area contributed by atoms with Crippen molar-refractivity contribution in [2.45, 2.75) is 6.92 Å². The van der Waals surface area contributed by atoms with E-state index in [0.29, 0.717) is 5.82 Å². The summed E-state index contributed by atoms with van der Waals surface area (Å²) in [5.41, 5.74) is 0.204. The Morgan fingerprint density at radius 2 is 1.95 bits per heavy atom.